The third kappa shape index (κ3) is 2.40. The Morgan fingerprint density at radius 1 is 1.46 bits per heavy atom. The maximum atomic E-state index is 11.7. The third-order valence-corrected chi connectivity index (χ3v) is 1.40. The van der Waals surface area contributed by atoms with E-state index >= 15 is 0 Å². The summed E-state index contributed by atoms with van der Waals surface area (Å²) in [5.74, 6) is 0.102. The molecule has 1 aromatic carbocycles. The van der Waals surface area contributed by atoms with Crippen LogP contribution >= 0.6 is 0 Å². The van der Waals surface area contributed by atoms with E-state index in [1.54, 1.807) is 6.07 Å². The smallest absolute Gasteiger partial charge is 0.310 e. The zero-order valence-corrected chi connectivity index (χ0v) is 6.77. The molecule has 0 aliphatic rings. The van der Waals surface area contributed by atoms with Crippen LogP contribution in [0.4, 0.5) is 10.1 Å². The van der Waals surface area contributed by atoms with E-state index in [-0.39, 0.29) is 18.0 Å². The third-order valence-electron chi connectivity index (χ3n) is 1.40. The Bertz CT molecular complexity index is 303. The summed E-state index contributed by atoms with van der Waals surface area (Å²) in [6, 6.07) is 5.88. The lowest BCUT2D eigenvalue weighted by Crippen LogP contribution is -2.01. The number of nitro groups is 1. The van der Waals surface area contributed by atoms with Crippen molar-refractivity contribution in [1.82, 2.24) is 0 Å². The lowest BCUT2D eigenvalue weighted by atomic mass is 10.3. The standard InChI is InChI=1S/C8H8FNO3/c9-5-6-13-8-4-2-1-3-7(8)10(11)12/h1-4H,5-6H2. The number of halogens is 1. The van der Waals surface area contributed by atoms with Gasteiger partial charge in [-0.15, -0.1) is 0 Å². The van der Waals surface area contributed by atoms with Crippen molar-refractivity contribution in [1.29, 1.82) is 0 Å². The fraction of sp³-hybridized carbons (Fsp3) is 0.250. The number of ether oxygens (including phenoxy) is 1. The summed E-state index contributed by atoms with van der Waals surface area (Å²) < 4.78 is 16.5. The zero-order chi connectivity index (χ0) is 9.68. The molecule has 70 valence electrons. The van der Waals surface area contributed by atoms with Crippen LogP contribution in [-0.4, -0.2) is 18.2 Å². The second-order valence-corrected chi connectivity index (χ2v) is 2.26. The van der Waals surface area contributed by atoms with Crippen LogP contribution < -0.4 is 4.74 Å². The van der Waals surface area contributed by atoms with Gasteiger partial charge in [-0.05, 0) is 6.07 Å². The van der Waals surface area contributed by atoms with Gasteiger partial charge in [-0.2, -0.15) is 0 Å². The van der Waals surface area contributed by atoms with Crippen molar-refractivity contribution in [3.63, 3.8) is 0 Å². The second kappa shape index (κ2) is 4.39. The summed E-state index contributed by atoms with van der Waals surface area (Å²) in [4.78, 5) is 9.85. The topological polar surface area (TPSA) is 52.4 Å². The number of nitro benzene ring substituents is 1. The molecule has 0 spiro atoms. The Kier molecular flexibility index (Phi) is 3.19. The normalized spacial score (nSPS) is 9.62. The maximum absolute atomic E-state index is 11.7. The van der Waals surface area contributed by atoms with Gasteiger partial charge in [-0.25, -0.2) is 4.39 Å². The predicted octanol–water partition coefficient (Wildman–Crippen LogP) is 1.94. The molecular formula is C8H8FNO3. The van der Waals surface area contributed by atoms with Gasteiger partial charge in [-0.3, -0.25) is 10.1 Å². The van der Waals surface area contributed by atoms with Gasteiger partial charge in [-0.1, -0.05) is 12.1 Å². The molecule has 0 fully saturated rings. The van der Waals surface area contributed by atoms with Crippen molar-refractivity contribution >= 4 is 5.69 Å². The molecule has 1 rings (SSSR count). The van der Waals surface area contributed by atoms with Gasteiger partial charge in [0.05, 0.1) is 4.92 Å². The highest BCUT2D eigenvalue weighted by atomic mass is 19.1. The lowest BCUT2D eigenvalue weighted by Gasteiger charge is -2.02. The van der Waals surface area contributed by atoms with E-state index in [4.69, 9.17) is 4.74 Å². The quantitative estimate of drug-likeness (QED) is 0.532. The summed E-state index contributed by atoms with van der Waals surface area (Å²) in [5, 5.41) is 10.4. The number of hydrogen-bond donors (Lipinski definition) is 0. The van der Waals surface area contributed by atoms with Gasteiger partial charge in [0.2, 0.25) is 0 Å². The Labute approximate surface area is 74.1 Å². The molecule has 0 aliphatic heterocycles. The Hall–Kier alpha value is -1.65. The van der Waals surface area contributed by atoms with Gasteiger partial charge in [0.15, 0.2) is 5.75 Å². The molecular weight excluding hydrogens is 177 g/mol. The molecule has 5 heteroatoms. The van der Waals surface area contributed by atoms with Crippen LogP contribution in [0.2, 0.25) is 0 Å². The second-order valence-electron chi connectivity index (χ2n) is 2.26. The summed E-state index contributed by atoms with van der Waals surface area (Å²) in [5.41, 5.74) is -0.143. The van der Waals surface area contributed by atoms with Crippen molar-refractivity contribution < 1.29 is 14.1 Å². The van der Waals surface area contributed by atoms with E-state index in [1.807, 2.05) is 0 Å². The number of para-hydroxylation sites is 2. The number of alkyl halides is 1. The number of hydrogen-bond acceptors (Lipinski definition) is 3. The molecule has 13 heavy (non-hydrogen) atoms. The molecule has 0 bridgehead atoms. The van der Waals surface area contributed by atoms with Gasteiger partial charge in [0.1, 0.15) is 13.3 Å². The summed E-state index contributed by atoms with van der Waals surface area (Å²) in [7, 11) is 0. The summed E-state index contributed by atoms with van der Waals surface area (Å²) in [6.07, 6.45) is 0. The van der Waals surface area contributed by atoms with Crippen LogP contribution in [0.5, 0.6) is 5.75 Å². The van der Waals surface area contributed by atoms with Crippen LogP contribution in [0.3, 0.4) is 0 Å². The number of rotatable bonds is 4. The summed E-state index contributed by atoms with van der Waals surface area (Å²) >= 11 is 0. The van der Waals surface area contributed by atoms with Crippen molar-refractivity contribution in [3.05, 3.63) is 34.4 Å². The molecule has 0 aromatic heterocycles. The molecule has 0 amide bonds. The van der Waals surface area contributed by atoms with E-state index in [0.717, 1.165) is 0 Å². The average molecular weight is 185 g/mol. The number of benzene rings is 1. The molecule has 1 aromatic rings. The summed E-state index contributed by atoms with van der Waals surface area (Å²) in [6.45, 7) is -0.823. The first-order chi connectivity index (χ1) is 6.25. The lowest BCUT2D eigenvalue weighted by molar-refractivity contribution is -0.385. The van der Waals surface area contributed by atoms with Gasteiger partial charge in [0.25, 0.3) is 0 Å². The van der Waals surface area contributed by atoms with Crippen molar-refractivity contribution in [3.8, 4) is 5.75 Å². The van der Waals surface area contributed by atoms with Crippen molar-refractivity contribution in [2.45, 2.75) is 0 Å². The molecule has 0 radical (unpaired) electrons. The highest BCUT2D eigenvalue weighted by Crippen LogP contribution is 2.25. The molecule has 0 saturated heterocycles. The van der Waals surface area contributed by atoms with Crippen LogP contribution in [-0.2, 0) is 0 Å². The largest absolute Gasteiger partial charge is 0.484 e. The Morgan fingerprint density at radius 3 is 2.77 bits per heavy atom. The minimum absolute atomic E-state index is 0.102. The van der Waals surface area contributed by atoms with Crippen molar-refractivity contribution in [2.24, 2.45) is 0 Å². The van der Waals surface area contributed by atoms with Crippen LogP contribution in [0, 0.1) is 10.1 Å². The Morgan fingerprint density at radius 2 is 2.15 bits per heavy atom. The highest BCUT2D eigenvalue weighted by molar-refractivity contribution is 5.45. The zero-order valence-electron chi connectivity index (χ0n) is 6.77. The van der Waals surface area contributed by atoms with E-state index in [1.165, 1.54) is 18.2 Å². The molecule has 0 unspecified atom stereocenters. The van der Waals surface area contributed by atoms with Crippen LogP contribution in [0.15, 0.2) is 24.3 Å². The van der Waals surface area contributed by atoms with Crippen LogP contribution in [0.25, 0.3) is 0 Å². The van der Waals surface area contributed by atoms with Crippen LogP contribution in [0.1, 0.15) is 0 Å². The first-order valence-electron chi connectivity index (χ1n) is 3.68. The minimum atomic E-state index is -0.661. The van der Waals surface area contributed by atoms with Gasteiger partial charge < -0.3 is 4.74 Å². The average Bonchev–Trinajstić information content (AvgIpc) is 2.15. The molecule has 0 heterocycles. The van der Waals surface area contributed by atoms with Gasteiger partial charge in [0, 0.05) is 6.07 Å². The van der Waals surface area contributed by atoms with Crippen molar-refractivity contribution in [2.75, 3.05) is 13.3 Å². The van der Waals surface area contributed by atoms with E-state index < -0.39 is 11.6 Å². The minimum Gasteiger partial charge on any atom is -0.484 e. The molecule has 0 aliphatic carbocycles. The Balaban J connectivity index is 2.84. The fourth-order valence-electron chi connectivity index (χ4n) is 0.879. The SMILES string of the molecule is O=[N+]([O-])c1ccccc1OCCF. The highest BCUT2D eigenvalue weighted by Gasteiger charge is 2.12. The van der Waals surface area contributed by atoms with E-state index in [9.17, 15) is 14.5 Å². The first-order valence-corrected chi connectivity index (χ1v) is 3.68. The van der Waals surface area contributed by atoms with E-state index in [0.29, 0.717) is 0 Å². The maximum Gasteiger partial charge on any atom is 0.310 e. The molecule has 0 N–H and O–H groups in total. The molecule has 0 saturated carbocycles. The first kappa shape index (κ1) is 9.44. The fourth-order valence-corrected chi connectivity index (χ4v) is 0.879. The predicted molar refractivity (Wildman–Crippen MR) is 44.6 cm³/mol. The van der Waals surface area contributed by atoms with Gasteiger partial charge >= 0.3 is 5.69 Å². The van der Waals surface area contributed by atoms with E-state index in [2.05, 4.69) is 0 Å². The monoisotopic (exact) mass is 185 g/mol. The molecule has 0 atom stereocenters. The molecule has 4 nitrogen and oxygen atoms in total. The number of nitrogens with zero attached hydrogens (tertiary/aromatic N) is 1.